The lowest BCUT2D eigenvalue weighted by Crippen LogP contribution is -2.13. The highest BCUT2D eigenvalue weighted by Crippen LogP contribution is 1.77. The van der Waals surface area contributed by atoms with Crippen molar-refractivity contribution < 1.29 is 23.8 Å². The lowest BCUT2D eigenvalue weighted by Gasteiger charge is -2.02. The van der Waals surface area contributed by atoms with Crippen LogP contribution in [-0.2, 0) is 13.6 Å². The fourth-order valence-corrected chi connectivity index (χ4v) is 0.862. The van der Waals surface area contributed by atoms with Crippen molar-refractivity contribution in [3.05, 3.63) is 0 Å². The van der Waals surface area contributed by atoms with Crippen LogP contribution in [0.1, 0.15) is 0 Å². The van der Waals surface area contributed by atoms with Gasteiger partial charge in [0, 0.05) is 0 Å². The Labute approximate surface area is 74.3 Å². The third-order valence-electron chi connectivity index (χ3n) is 0.877. The maximum Gasteiger partial charge on any atom is 0.433 e. The van der Waals surface area contributed by atoms with Crippen LogP contribution < -0.4 is 0 Å². The number of hydrogen-bond donors (Lipinski definition) is 2. The quantitative estimate of drug-likeness (QED) is 0.347. The summed E-state index contributed by atoms with van der Waals surface area (Å²) >= 11 is 0. The lowest BCUT2D eigenvalue weighted by molar-refractivity contribution is 0.0643. The van der Waals surface area contributed by atoms with E-state index in [2.05, 4.69) is 0 Å². The largest absolute Gasteiger partial charge is 0.433 e. The van der Waals surface area contributed by atoms with Crippen molar-refractivity contribution in [2.75, 3.05) is 39.6 Å². The molecule has 0 aromatic heterocycles. The Balaban J connectivity index is 2.73. The van der Waals surface area contributed by atoms with E-state index in [1.165, 1.54) is 0 Å². The Morgan fingerprint density at radius 3 is 2.17 bits per heavy atom. The van der Waals surface area contributed by atoms with Gasteiger partial charge in [0.05, 0.1) is 39.6 Å². The molecule has 2 N–H and O–H groups in total. The molecular weight excluding hydrogens is 180 g/mol. The highest BCUT2D eigenvalue weighted by Gasteiger charge is 1.92. The van der Waals surface area contributed by atoms with Crippen LogP contribution in [-0.4, -0.2) is 59.9 Å². The van der Waals surface area contributed by atoms with Gasteiger partial charge in [0.25, 0.3) is 0 Å². The molecule has 0 fully saturated rings. The van der Waals surface area contributed by atoms with Crippen LogP contribution in [0.25, 0.3) is 0 Å². The Bertz CT molecular complexity index is 72.3. The minimum Gasteiger partial charge on any atom is -0.394 e. The summed E-state index contributed by atoms with van der Waals surface area (Å²) in [5.41, 5.74) is 0. The predicted molar refractivity (Wildman–Crippen MR) is 42.6 cm³/mol. The molecule has 0 aromatic rings. The number of rotatable bonds is 9. The molecule has 0 rings (SSSR count). The lowest BCUT2D eigenvalue weighted by atomic mass is 10.7. The molecule has 72 valence electrons. The maximum atomic E-state index is 8.32. The third-order valence-corrected chi connectivity index (χ3v) is 1.52. The van der Waals surface area contributed by atoms with Gasteiger partial charge >= 0.3 is 10.0 Å². The summed E-state index contributed by atoms with van der Waals surface area (Å²) in [5, 5.41) is 16.6. The minimum absolute atomic E-state index is 0.0113. The number of aliphatic hydroxyl groups excluding tert-OH is 2. The van der Waals surface area contributed by atoms with Crippen molar-refractivity contribution in [3.63, 3.8) is 0 Å². The van der Waals surface area contributed by atoms with Crippen molar-refractivity contribution >= 4 is 10.0 Å². The van der Waals surface area contributed by atoms with Crippen molar-refractivity contribution in [3.8, 4) is 0 Å². The second-order valence-corrected chi connectivity index (χ2v) is 2.58. The minimum atomic E-state index is -0.0515. The number of hydrogen-bond acceptors (Lipinski definition) is 5. The first kappa shape index (κ1) is 12.0. The molecule has 0 aliphatic carbocycles. The van der Waals surface area contributed by atoms with Crippen molar-refractivity contribution in [2.45, 2.75) is 0 Å². The molecule has 0 unspecified atom stereocenters. The summed E-state index contributed by atoms with van der Waals surface area (Å²) in [7, 11) is -0.0515. The van der Waals surface area contributed by atoms with Gasteiger partial charge in [0.15, 0.2) is 0 Å². The molecular formula is C6H14O5Si. The molecule has 0 amide bonds. The van der Waals surface area contributed by atoms with Crippen LogP contribution in [0.15, 0.2) is 0 Å². The van der Waals surface area contributed by atoms with Gasteiger partial charge in [0.1, 0.15) is 0 Å². The van der Waals surface area contributed by atoms with Crippen LogP contribution in [0, 0.1) is 0 Å². The first-order valence-corrected chi connectivity index (χ1v) is 4.51. The summed E-state index contributed by atoms with van der Waals surface area (Å²) in [6.07, 6.45) is 0. The number of aliphatic hydroxyl groups is 2. The van der Waals surface area contributed by atoms with E-state index >= 15 is 0 Å². The van der Waals surface area contributed by atoms with Gasteiger partial charge in [-0.3, -0.25) is 0 Å². The van der Waals surface area contributed by atoms with Gasteiger partial charge in [-0.2, -0.15) is 0 Å². The van der Waals surface area contributed by atoms with Crippen LogP contribution >= 0.6 is 0 Å². The molecule has 0 atom stereocenters. The van der Waals surface area contributed by atoms with Crippen LogP contribution in [0.4, 0.5) is 0 Å². The average Bonchev–Trinajstić information content (AvgIpc) is 2.10. The zero-order valence-corrected chi connectivity index (χ0v) is 7.86. The van der Waals surface area contributed by atoms with Crippen molar-refractivity contribution in [1.29, 1.82) is 0 Å². The van der Waals surface area contributed by atoms with Gasteiger partial charge in [-0.1, -0.05) is 0 Å². The second-order valence-electron chi connectivity index (χ2n) is 1.84. The maximum absolute atomic E-state index is 8.32. The summed E-state index contributed by atoms with van der Waals surface area (Å²) < 4.78 is 14.7. The van der Waals surface area contributed by atoms with Crippen LogP contribution in [0.2, 0.25) is 0 Å². The van der Waals surface area contributed by atoms with Crippen LogP contribution in [0.3, 0.4) is 0 Å². The monoisotopic (exact) mass is 194 g/mol. The van der Waals surface area contributed by atoms with Gasteiger partial charge in [-0.25, -0.2) is 0 Å². The predicted octanol–water partition coefficient (Wildman–Crippen LogP) is -1.44. The summed E-state index contributed by atoms with van der Waals surface area (Å²) in [6, 6.07) is 0. The topological polar surface area (TPSA) is 68.2 Å². The first-order chi connectivity index (χ1) is 5.91. The Kier molecular flexibility index (Phi) is 11.0. The first-order valence-electron chi connectivity index (χ1n) is 3.70. The molecule has 0 aliphatic heterocycles. The van der Waals surface area contributed by atoms with E-state index < -0.39 is 0 Å². The van der Waals surface area contributed by atoms with Crippen LogP contribution in [0.5, 0.6) is 0 Å². The summed E-state index contributed by atoms with van der Waals surface area (Å²) in [5.74, 6) is 0. The van der Waals surface area contributed by atoms with E-state index in [0.29, 0.717) is 26.4 Å². The molecule has 0 saturated carbocycles. The zero-order chi connectivity index (χ0) is 9.07. The Hall–Kier alpha value is 0.0169. The van der Waals surface area contributed by atoms with E-state index in [4.69, 9.17) is 23.8 Å². The van der Waals surface area contributed by atoms with Gasteiger partial charge < -0.3 is 23.8 Å². The van der Waals surface area contributed by atoms with E-state index in [0.717, 1.165) is 0 Å². The fraction of sp³-hybridized carbons (Fsp3) is 1.00. The average molecular weight is 194 g/mol. The van der Waals surface area contributed by atoms with E-state index in [1.807, 2.05) is 0 Å². The smallest absolute Gasteiger partial charge is 0.394 e. The summed E-state index contributed by atoms with van der Waals surface area (Å²) in [6.45, 7) is 1.58. The molecule has 0 aliphatic rings. The molecule has 0 bridgehead atoms. The normalized spacial score (nSPS) is 10.5. The molecule has 6 heteroatoms. The summed E-state index contributed by atoms with van der Waals surface area (Å²) in [4.78, 5) is 0. The van der Waals surface area contributed by atoms with Crippen molar-refractivity contribution in [1.82, 2.24) is 0 Å². The number of ether oxygens (including phenoxy) is 1. The van der Waals surface area contributed by atoms with E-state index in [9.17, 15) is 0 Å². The molecule has 5 nitrogen and oxygen atoms in total. The second kappa shape index (κ2) is 11.0. The van der Waals surface area contributed by atoms with Crippen molar-refractivity contribution in [2.24, 2.45) is 0 Å². The van der Waals surface area contributed by atoms with Gasteiger partial charge in [-0.05, 0) is 0 Å². The Morgan fingerprint density at radius 2 is 1.50 bits per heavy atom. The third kappa shape index (κ3) is 10.0. The fourth-order valence-electron chi connectivity index (χ4n) is 0.438. The van der Waals surface area contributed by atoms with Gasteiger partial charge in [0.2, 0.25) is 0 Å². The van der Waals surface area contributed by atoms with E-state index in [-0.39, 0.29) is 23.2 Å². The molecule has 0 heterocycles. The highest BCUT2D eigenvalue weighted by molar-refractivity contribution is 6.17. The molecule has 12 heavy (non-hydrogen) atoms. The molecule has 0 aromatic carbocycles. The SMILES string of the molecule is OCCOCCO[Si]OCCO. The molecule has 2 radical (unpaired) electrons. The highest BCUT2D eigenvalue weighted by atomic mass is 28.3. The Morgan fingerprint density at radius 1 is 0.833 bits per heavy atom. The zero-order valence-electron chi connectivity index (χ0n) is 6.86. The van der Waals surface area contributed by atoms with Gasteiger partial charge in [-0.15, -0.1) is 0 Å². The molecule has 0 saturated heterocycles. The standard InChI is InChI=1S/C6H14O5Si/c7-1-3-9-5-6-11-12-10-4-2-8/h7-8H,1-6H2. The van der Waals surface area contributed by atoms with E-state index in [1.54, 1.807) is 0 Å². The molecule has 0 spiro atoms.